The number of benzene rings is 2. The van der Waals surface area contributed by atoms with Crippen molar-refractivity contribution in [2.75, 3.05) is 5.32 Å². The molecule has 7 heteroatoms. The number of alkyl halides is 3. The van der Waals surface area contributed by atoms with E-state index < -0.39 is 17.6 Å². The van der Waals surface area contributed by atoms with Gasteiger partial charge >= 0.3 is 6.18 Å². The Hall–Kier alpha value is -3.53. The third-order valence-corrected chi connectivity index (χ3v) is 4.25. The number of terminal acetylenes is 1. The first-order valence-corrected chi connectivity index (χ1v) is 8.30. The summed E-state index contributed by atoms with van der Waals surface area (Å²) in [7, 11) is 0. The number of amides is 1. The number of hydrogen-bond donors (Lipinski definition) is 1. The molecule has 2 aromatic carbocycles. The minimum absolute atomic E-state index is 0.0201. The molecule has 1 amide bonds. The number of carbonyl (C=O) groups is 1. The Morgan fingerprint density at radius 3 is 2.57 bits per heavy atom. The number of carbonyl (C=O) groups excluding carboxylic acids is 1. The fourth-order valence-electron chi connectivity index (χ4n) is 2.79. The number of imidazole rings is 1. The molecule has 3 rings (SSSR count). The highest BCUT2D eigenvalue weighted by atomic mass is 19.4. The van der Waals surface area contributed by atoms with Gasteiger partial charge in [0, 0.05) is 28.7 Å². The summed E-state index contributed by atoms with van der Waals surface area (Å²) in [4.78, 5) is 16.7. The van der Waals surface area contributed by atoms with Gasteiger partial charge in [0.25, 0.3) is 5.91 Å². The summed E-state index contributed by atoms with van der Waals surface area (Å²) in [5.41, 5.74) is 1.47. The van der Waals surface area contributed by atoms with Gasteiger partial charge in [-0.3, -0.25) is 4.79 Å². The lowest BCUT2D eigenvalue weighted by molar-refractivity contribution is -0.137. The summed E-state index contributed by atoms with van der Waals surface area (Å²) in [6.07, 6.45) is 3.86. The molecule has 0 aliphatic carbocycles. The molecule has 28 heavy (non-hydrogen) atoms. The van der Waals surface area contributed by atoms with E-state index in [2.05, 4.69) is 16.2 Å². The molecule has 0 saturated heterocycles. The zero-order chi connectivity index (χ0) is 20.5. The van der Waals surface area contributed by atoms with Gasteiger partial charge in [-0.25, -0.2) is 4.98 Å². The summed E-state index contributed by atoms with van der Waals surface area (Å²) in [6.45, 7) is 3.42. The van der Waals surface area contributed by atoms with Crippen molar-refractivity contribution in [3.63, 3.8) is 0 Å². The average molecular weight is 383 g/mol. The van der Waals surface area contributed by atoms with Crippen LogP contribution in [-0.4, -0.2) is 15.5 Å². The van der Waals surface area contributed by atoms with Crippen molar-refractivity contribution in [1.82, 2.24) is 9.55 Å². The molecule has 3 aromatic rings. The first-order chi connectivity index (χ1) is 13.2. The number of aryl methyl sites for hydroxylation is 1. The smallest absolute Gasteiger partial charge is 0.322 e. The van der Waals surface area contributed by atoms with E-state index in [1.54, 1.807) is 38.2 Å². The van der Waals surface area contributed by atoms with Crippen LogP contribution in [0.15, 0.2) is 48.9 Å². The molecule has 0 radical (unpaired) electrons. The Bertz CT molecular complexity index is 1090. The summed E-state index contributed by atoms with van der Waals surface area (Å²) < 4.78 is 41.5. The number of aromatic nitrogens is 2. The SMILES string of the molecule is C#Cc1cccc(C(=O)Nc2cc(-n3cnc(C)c3)cc(C(F)(F)F)c2)c1C. The van der Waals surface area contributed by atoms with Crippen molar-refractivity contribution >= 4 is 11.6 Å². The second-order valence-electron chi connectivity index (χ2n) is 6.27. The Balaban J connectivity index is 2.02. The van der Waals surface area contributed by atoms with Crippen molar-refractivity contribution < 1.29 is 18.0 Å². The Morgan fingerprint density at radius 1 is 1.21 bits per heavy atom. The van der Waals surface area contributed by atoms with Gasteiger partial charge in [0.05, 0.1) is 17.6 Å². The van der Waals surface area contributed by atoms with Crippen molar-refractivity contribution in [3.05, 3.63) is 76.9 Å². The van der Waals surface area contributed by atoms with E-state index in [1.807, 2.05) is 0 Å². The Morgan fingerprint density at radius 2 is 1.96 bits per heavy atom. The molecule has 1 aromatic heterocycles. The van der Waals surface area contributed by atoms with E-state index in [0.29, 0.717) is 22.4 Å². The molecular formula is C21H16F3N3O. The van der Waals surface area contributed by atoms with Crippen LogP contribution in [0.1, 0.15) is 32.7 Å². The quantitative estimate of drug-likeness (QED) is 0.664. The van der Waals surface area contributed by atoms with Crippen LogP contribution in [0.2, 0.25) is 0 Å². The van der Waals surface area contributed by atoms with Crippen LogP contribution in [0.5, 0.6) is 0 Å². The van der Waals surface area contributed by atoms with E-state index in [-0.39, 0.29) is 11.4 Å². The molecule has 0 aliphatic rings. The van der Waals surface area contributed by atoms with Crippen molar-refractivity contribution in [2.45, 2.75) is 20.0 Å². The maximum Gasteiger partial charge on any atom is 0.416 e. The highest BCUT2D eigenvalue weighted by Crippen LogP contribution is 2.33. The summed E-state index contributed by atoms with van der Waals surface area (Å²) in [5, 5.41) is 2.54. The maximum absolute atomic E-state index is 13.3. The van der Waals surface area contributed by atoms with Crippen LogP contribution in [0.25, 0.3) is 5.69 Å². The van der Waals surface area contributed by atoms with Crippen LogP contribution in [-0.2, 0) is 6.18 Å². The predicted molar refractivity (Wildman–Crippen MR) is 100 cm³/mol. The standard InChI is InChI=1S/C21H16F3N3O/c1-4-15-6-5-7-19(14(15)3)20(28)26-17-8-16(21(22,23)24)9-18(10-17)27-11-13(2)25-12-27/h1,5-12H,2-3H3,(H,26,28). The van der Waals surface area contributed by atoms with Gasteiger partial charge in [0.1, 0.15) is 0 Å². The third-order valence-electron chi connectivity index (χ3n) is 4.25. The molecule has 0 unspecified atom stereocenters. The van der Waals surface area contributed by atoms with Gasteiger partial charge in [-0.2, -0.15) is 13.2 Å². The highest BCUT2D eigenvalue weighted by molar-refractivity contribution is 6.05. The molecule has 0 spiro atoms. The molecule has 0 fully saturated rings. The number of halogens is 3. The molecule has 0 atom stereocenters. The molecule has 1 heterocycles. The van der Waals surface area contributed by atoms with Crippen LogP contribution in [0.4, 0.5) is 18.9 Å². The molecule has 4 nitrogen and oxygen atoms in total. The Kier molecular flexibility index (Phi) is 4.97. The minimum Gasteiger partial charge on any atom is -0.322 e. The molecular weight excluding hydrogens is 367 g/mol. The van der Waals surface area contributed by atoms with E-state index >= 15 is 0 Å². The first-order valence-electron chi connectivity index (χ1n) is 8.30. The zero-order valence-electron chi connectivity index (χ0n) is 15.1. The lowest BCUT2D eigenvalue weighted by Gasteiger charge is -2.14. The third kappa shape index (κ3) is 3.91. The van der Waals surface area contributed by atoms with Gasteiger partial charge < -0.3 is 9.88 Å². The van der Waals surface area contributed by atoms with E-state index in [1.165, 1.54) is 17.0 Å². The predicted octanol–water partition coefficient (Wildman–Crippen LogP) is 4.74. The normalized spacial score (nSPS) is 11.1. The first kappa shape index (κ1) is 19.2. The van der Waals surface area contributed by atoms with Crippen molar-refractivity contribution in [1.29, 1.82) is 0 Å². The van der Waals surface area contributed by atoms with Gasteiger partial charge in [0.15, 0.2) is 0 Å². The molecule has 1 N–H and O–H groups in total. The molecule has 0 aliphatic heterocycles. The monoisotopic (exact) mass is 383 g/mol. The summed E-state index contributed by atoms with van der Waals surface area (Å²) in [6, 6.07) is 8.24. The van der Waals surface area contributed by atoms with Crippen molar-refractivity contribution in [3.8, 4) is 18.0 Å². The van der Waals surface area contributed by atoms with E-state index in [4.69, 9.17) is 6.42 Å². The Labute approximate surface area is 160 Å². The summed E-state index contributed by atoms with van der Waals surface area (Å²) >= 11 is 0. The second kappa shape index (κ2) is 7.24. The highest BCUT2D eigenvalue weighted by Gasteiger charge is 2.31. The van der Waals surface area contributed by atoms with Gasteiger partial charge in [0.2, 0.25) is 0 Å². The fourth-order valence-corrected chi connectivity index (χ4v) is 2.79. The van der Waals surface area contributed by atoms with Crippen LogP contribution < -0.4 is 5.32 Å². The maximum atomic E-state index is 13.3. The number of anilines is 1. The van der Waals surface area contributed by atoms with Crippen LogP contribution in [0, 0.1) is 26.2 Å². The van der Waals surface area contributed by atoms with Gasteiger partial charge in [-0.15, -0.1) is 6.42 Å². The summed E-state index contributed by atoms with van der Waals surface area (Å²) in [5.74, 6) is 1.94. The lowest BCUT2D eigenvalue weighted by Crippen LogP contribution is -2.15. The topological polar surface area (TPSA) is 46.9 Å². The van der Waals surface area contributed by atoms with Gasteiger partial charge in [-0.1, -0.05) is 12.0 Å². The number of nitrogens with one attached hydrogen (secondary N) is 1. The molecule has 142 valence electrons. The molecule has 0 bridgehead atoms. The molecule has 0 saturated carbocycles. The number of rotatable bonds is 3. The number of hydrogen-bond acceptors (Lipinski definition) is 2. The van der Waals surface area contributed by atoms with Crippen LogP contribution in [0.3, 0.4) is 0 Å². The second-order valence-corrected chi connectivity index (χ2v) is 6.27. The van der Waals surface area contributed by atoms with Gasteiger partial charge in [-0.05, 0) is 49.7 Å². The zero-order valence-corrected chi connectivity index (χ0v) is 15.1. The average Bonchev–Trinajstić information content (AvgIpc) is 3.07. The number of nitrogens with zero attached hydrogens (tertiary/aromatic N) is 2. The minimum atomic E-state index is -4.57. The van der Waals surface area contributed by atoms with E-state index in [9.17, 15) is 18.0 Å². The largest absolute Gasteiger partial charge is 0.416 e. The lowest BCUT2D eigenvalue weighted by atomic mass is 10.0. The van der Waals surface area contributed by atoms with E-state index in [0.717, 1.165) is 12.1 Å². The van der Waals surface area contributed by atoms with Crippen LogP contribution >= 0.6 is 0 Å². The fraction of sp³-hybridized carbons (Fsp3) is 0.143. The van der Waals surface area contributed by atoms with Crippen molar-refractivity contribution in [2.24, 2.45) is 0 Å².